The van der Waals surface area contributed by atoms with E-state index in [2.05, 4.69) is 4.72 Å². The second-order valence-corrected chi connectivity index (χ2v) is 6.27. The van der Waals surface area contributed by atoms with E-state index in [0.717, 1.165) is 0 Å². The lowest BCUT2D eigenvalue weighted by Crippen LogP contribution is -2.24. The van der Waals surface area contributed by atoms with E-state index in [1.54, 1.807) is 24.4 Å². The van der Waals surface area contributed by atoms with Crippen LogP contribution in [0.15, 0.2) is 21.7 Å². The largest absolute Gasteiger partial charge is 0.300 e. The van der Waals surface area contributed by atoms with Gasteiger partial charge < -0.3 is 0 Å². The third-order valence-electron chi connectivity index (χ3n) is 2.08. The van der Waals surface area contributed by atoms with E-state index in [-0.39, 0.29) is 5.78 Å². The van der Waals surface area contributed by atoms with E-state index < -0.39 is 10.0 Å². The molecule has 1 heterocycles. The van der Waals surface area contributed by atoms with Gasteiger partial charge in [0, 0.05) is 19.4 Å². The predicted molar refractivity (Wildman–Crippen MR) is 64.0 cm³/mol. The van der Waals surface area contributed by atoms with Gasteiger partial charge in [0.15, 0.2) is 0 Å². The maximum atomic E-state index is 11.6. The van der Waals surface area contributed by atoms with Crippen LogP contribution in [0.2, 0.25) is 0 Å². The Balaban J connectivity index is 2.36. The molecular weight excluding hydrogens is 246 g/mol. The molecule has 4 nitrogen and oxygen atoms in total. The fourth-order valence-electron chi connectivity index (χ4n) is 1.16. The summed E-state index contributed by atoms with van der Waals surface area (Å²) in [5.74, 6) is 0.162. The first-order valence-electron chi connectivity index (χ1n) is 5.11. The number of hydrogen-bond acceptors (Lipinski definition) is 4. The van der Waals surface area contributed by atoms with Crippen molar-refractivity contribution >= 4 is 27.1 Å². The maximum absolute atomic E-state index is 11.6. The van der Waals surface area contributed by atoms with Crippen molar-refractivity contribution in [2.45, 2.75) is 30.4 Å². The molecule has 0 fully saturated rings. The molecule has 0 aliphatic heterocycles. The fraction of sp³-hybridized carbons (Fsp3) is 0.500. The van der Waals surface area contributed by atoms with E-state index in [1.807, 2.05) is 0 Å². The number of carbonyl (C=O) groups excluding carboxylic acids is 1. The van der Waals surface area contributed by atoms with Crippen molar-refractivity contribution in [2.75, 3.05) is 6.54 Å². The van der Waals surface area contributed by atoms with Gasteiger partial charge in [0.25, 0.3) is 0 Å². The third-order valence-corrected chi connectivity index (χ3v) is 4.94. The van der Waals surface area contributed by atoms with Gasteiger partial charge in [-0.2, -0.15) is 0 Å². The highest BCUT2D eigenvalue weighted by molar-refractivity contribution is 7.91. The van der Waals surface area contributed by atoms with Crippen molar-refractivity contribution in [1.29, 1.82) is 0 Å². The van der Waals surface area contributed by atoms with E-state index >= 15 is 0 Å². The van der Waals surface area contributed by atoms with Crippen molar-refractivity contribution in [2.24, 2.45) is 0 Å². The molecule has 0 amide bonds. The lowest BCUT2D eigenvalue weighted by atomic mass is 10.2. The molecule has 0 aromatic carbocycles. The molecule has 1 aromatic rings. The van der Waals surface area contributed by atoms with Crippen LogP contribution >= 0.6 is 11.3 Å². The lowest BCUT2D eigenvalue weighted by molar-refractivity contribution is -0.118. The van der Waals surface area contributed by atoms with Crippen LogP contribution in [0.1, 0.15) is 26.2 Å². The molecule has 0 unspecified atom stereocenters. The zero-order chi connectivity index (χ0) is 12.0. The van der Waals surface area contributed by atoms with Gasteiger partial charge in [-0.15, -0.1) is 11.3 Å². The second-order valence-electron chi connectivity index (χ2n) is 3.33. The number of sulfonamides is 1. The average molecular weight is 261 g/mol. The van der Waals surface area contributed by atoms with Gasteiger partial charge >= 0.3 is 0 Å². The Morgan fingerprint density at radius 2 is 2.25 bits per heavy atom. The van der Waals surface area contributed by atoms with Crippen LogP contribution in [0.4, 0.5) is 0 Å². The van der Waals surface area contributed by atoms with Crippen molar-refractivity contribution in [3.8, 4) is 0 Å². The molecule has 16 heavy (non-hydrogen) atoms. The number of rotatable bonds is 7. The molecule has 0 aliphatic carbocycles. The molecule has 1 rings (SSSR count). The number of thiophene rings is 1. The number of ketones is 1. The summed E-state index contributed by atoms with van der Waals surface area (Å²) in [4.78, 5) is 11.0. The van der Waals surface area contributed by atoms with E-state index in [9.17, 15) is 13.2 Å². The molecule has 0 saturated heterocycles. The normalized spacial score (nSPS) is 11.6. The molecule has 1 aromatic heterocycles. The second kappa shape index (κ2) is 6.12. The molecular formula is C10H15NO3S2. The van der Waals surface area contributed by atoms with Gasteiger partial charge in [-0.25, -0.2) is 13.1 Å². The van der Waals surface area contributed by atoms with E-state index in [4.69, 9.17) is 0 Å². The molecule has 0 atom stereocenters. The van der Waals surface area contributed by atoms with E-state index in [1.165, 1.54) is 11.3 Å². The van der Waals surface area contributed by atoms with Crippen LogP contribution in [0.5, 0.6) is 0 Å². The Kier molecular flexibility index (Phi) is 5.11. The summed E-state index contributed by atoms with van der Waals surface area (Å²) in [7, 11) is -3.36. The topological polar surface area (TPSA) is 63.2 Å². The van der Waals surface area contributed by atoms with Gasteiger partial charge in [-0.1, -0.05) is 13.0 Å². The Bertz CT molecular complexity index is 423. The van der Waals surface area contributed by atoms with Gasteiger partial charge in [-0.05, 0) is 17.9 Å². The summed E-state index contributed by atoms with van der Waals surface area (Å²) in [6.45, 7) is 2.12. The summed E-state index contributed by atoms with van der Waals surface area (Å²) in [5, 5.41) is 1.72. The van der Waals surface area contributed by atoms with Crippen molar-refractivity contribution < 1.29 is 13.2 Å². The Morgan fingerprint density at radius 3 is 2.81 bits per heavy atom. The fourth-order valence-corrected chi connectivity index (χ4v) is 3.27. The monoisotopic (exact) mass is 261 g/mol. The average Bonchev–Trinajstić information content (AvgIpc) is 2.78. The zero-order valence-corrected chi connectivity index (χ0v) is 10.7. The lowest BCUT2D eigenvalue weighted by Gasteiger charge is -2.03. The quantitative estimate of drug-likeness (QED) is 0.761. The molecule has 0 radical (unpaired) electrons. The Hall–Kier alpha value is -0.720. The van der Waals surface area contributed by atoms with Gasteiger partial charge in [0.1, 0.15) is 9.99 Å². The first kappa shape index (κ1) is 13.3. The van der Waals surface area contributed by atoms with E-state index in [0.29, 0.717) is 30.0 Å². The Labute approximate surface area is 99.7 Å². The zero-order valence-electron chi connectivity index (χ0n) is 9.10. The summed E-state index contributed by atoms with van der Waals surface area (Å²) in [6.07, 6.45) is 1.50. The number of carbonyl (C=O) groups is 1. The first-order valence-corrected chi connectivity index (χ1v) is 7.47. The standard InChI is InChI=1S/C10H15NO3S2/c1-2-9(12)5-3-7-11-16(13,14)10-6-4-8-15-10/h4,6,8,11H,2-3,5,7H2,1H3. The summed E-state index contributed by atoms with van der Waals surface area (Å²) in [5.41, 5.74) is 0. The SMILES string of the molecule is CCC(=O)CCCNS(=O)(=O)c1cccs1. The van der Waals surface area contributed by atoms with Crippen molar-refractivity contribution in [3.05, 3.63) is 17.5 Å². The van der Waals surface area contributed by atoms with Crippen LogP contribution in [-0.2, 0) is 14.8 Å². The predicted octanol–water partition coefficient (Wildman–Crippen LogP) is 1.79. The molecule has 0 aliphatic rings. The molecule has 0 bridgehead atoms. The summed E-state index contributed by atoms with van der Waals surface area (Å²) in [6, 6.07) is 3.25. The van der Waals surface area contributed by atoms with Crippen LogP contribution in [0.3, 0.4) is 0 Å². The minimum atomic E-state index is -3.36. The number of nitrogens with one attached hydrogen (secondary N) is 1. The molecule has 90 valence electrons. The summed E-state index contributed by atoms with van der Waals surface area (Å²) >= 11 is 1.18. The minimum Gasteiger partial charge on any atom is -0.300 e. The van der Waals surface area contributed by atoms with Crippen molar-refractivity contribution in [1.82, 2.24) is 4.72 Å². The third kappa shape index (κ3) is 4.03. The molecule has 6 heteroatoms. The van der Waals surface area contributed by atoms with Crippen LogP contribution in [0.25, 0.3) is 0 Å². The van der Waals surface area contributed by atoms with Gasteiger partial charge in [0.05, 0.1) is 0 Å². The molecule has 0 saturated carbocycles. The van der Waals surface area contributed by atoms with Gasteiger partial charge in [-0.3, -0.25) is 4.79 Å². The van der Waals surface area contributed by atoms with Crippen LogP contribution in [0, 0.1) is 0 Å². The van der Waals surface area contributed by atoms with Crippen LogP contribution in [-0.4, -0.2) is 20.7 Å². The first-order chi connectivity index (χ1) is 7.56. The minimum absolute atomic E-state index is 0.162. The molecule has 0 spiro atoms. The highest BCUT2D eigenvalue weighted by Crippen LogP contribution is 2.15. The molecule has 1 N–H and O–H groups in total. The number of hydrogen-bond donors (Lipinski definition) is 1. The van der Waals surface area contributed by atoms with Gasteiger partial charge in [0.2, 0.25) is 10.0 Å². The van der Waals surface area contributed by atoms with Crippen molar-refractivity contribution in [3.63, 3.8) is 0 Å². The highest BCUT2D eigenvalue weighted by atomic mass is 32.2. The maximum Gasteiger partial charge on any atom is 0.250 e. The number of Topliss-reactive ketones (excluding diaryl/α,β-unsaturated/α-hetero) is 1. The Morgan fingerprint density at radius 1 is 1.50 bits per heavy atom. The highest BCUT2D eigenvalue weighted by Gasteiger charge is 2.13. The smallest absolute Gasteiger partial charge is 0.250 e. The summed E-state index contributed by atoms with van der Waals surface area (Å²) < 4.78 is 26.0. The van der Waals surface area contributed by atoms with Crippen LogP contribution < -0.4 is 4.72 Å².